The number of nitriles is 1. The Morgan fingerprint density at radius 1 is 1.19 bits per heavy atom. The van der Waals surface area contributed by atoms with E-state index in [1.165, 1.54) is 0 Å². The summed E-state index contributed by atoms with van der Waals surface area (Å²) in [5.41, 5.74) is 9.27. The maximum atomic E-state index is 9.04. The van der Waals surface area contributed by atoms with Gasteiger partial charge >= 0.3 is 0 Å². The van der Waals surface area contributed by atoms with Crippen LogP contribution in [0, 0.1) is 11.3 Å². The van der Waals surface area contributed by atoms with Gasteiger partial charge in [0.2, 0.25) is 0 Å². The van der Waals surface area contributed by atoms with Crippen LogP contribution in [0.4, 0.5) is 5.69 Å². The molecule has 0 aliphatic heterocycles. The molecule has 2 N–H and O–H groups in total. The van der Waals surface area contributed by atoms with Crippen LogP contribution in [0.2, 0.25) is 0 Å². The number of nitrogen functional groups attached to an aromatic ring is 1. The Bertz CT molecular complexity index is 843. The molecule has 1 aromatic heterocycles. The van der Waals surface area contributed by atoms with Crippen LogP contribution in [-0.4, -0.2) is 11.7 Å². The van der Waals surface area contributed by atoms with Crippen LogP contribution in [0.15, 0.2) is 48.7 Å². The molecule has 0 aliphatic carbocycles. The molecule has 0 radical (unpaired) electrons. The summed E-state index contributed by atoms with van der Waals surface area (Å²) >= 11 is 0. The van der Waals surface area contributed by atoms with Crippen LogP contribution in [0.5, 0.6) is 5.75 Å². The van der Waals surface area contributed by atoms with E-state index >= 15 is 0 Å². The van der Waals surface area contributed by atoms with Gasteiger partial charge < -0.3 is 15.0 Å². The molecule has 104 valence electrons. The molecule has 1 heterocycles. The highest BCUT2D eigenvalue weighted by Gasteiger charge is 2.08. The Labute approximate surface area is 123 Å². The second-order valence-electron chi connectivity index (χ2n) is 4.90. The van der Waals surface area contributed by atoms with Gasteiger partial charge in [-0.1, -0.05) is 0 Å². The van der Waals surface area contributed by atoms with Crippen molar-refractivity contribution < 1.29 is 4.74 Å². The van der Waals surface area contributed by atoms with Gasteiger partial charge in [0.25, 0.3) is 0 Å². The van der Waals surface area contributed by atoms with Crippen molar-refractivity contribution in [1.29, 1.82) is 5.26 Å². The van der Waals surface area contributed by atoms with E-state index in [0.717, 1.165) is 27.9 Å². The zero-order valence-corrected chi connectivity index (χ0v) is 11.7. The summed E-state index contributed by atoms with van der Waals surface area (Å²) in [4.78, 5) is 0. The Balaban J connectivity index is 2.04. The van der Waals surface area contributed by atoms with E-state index in [-0.39, 0.29) is 0 Å². The highest BCUT2D eigenvalue weighted by atomic mass is 16.5. The molecular formula is C17H15N3O. The van der Waals surface area contributed by atoms with Gasteiger partial charge in [-0.15, -0.1) is 0 Å². The monoisotopic (exact) mass is 277 g/mol. The lowest BCUT2D eigenvalue weighted by molar-refractivity contribution is 0.408. The fourth-order valence-electron chi connectivity index (χ4n) is 2.51. The lowest BCUT2D eigenvalue weighted by atomic mass is 10.1. The number of methoxy groups -OCH3 is 1. The van der Waals surface area contributed by atoms with Gasteiger partial charge in [-0.25, -0.2) is 0 Å². The first-order valence-electron chi connectivity index (χ1n) is 6.62. The van der Waals surface area contributed by atoms with Crippen molar-refractivity contribution in [1.82, 2.24) is 4.57 Å². The SMILES string of the molecule is COc1ccc(C#N)cc1Cn1ccc2cc(N)ccc21. The van der Waals surface area contributed by atoms with E-state index < -0.39 is 0 Å². The van der Waals surface area contributed by atoms with Crippen LogP contribution < -0.4 is 10.5 Å². The topological polar surface area (TPSA) is 64.0 Å². The largest absolute Gasteiger partial charge is 0.496 e. The van der Waals surface area contributed by atoms with Gasteiger partial charge in [-0.3, -0.25) is 0 Å². The molecule has 3 aromatic rings. The fourth-order valence-corrected chi connectivity index (χ4v) is 2.51. The molecule has 0 unspecified atom stereocenters. The summed E-state index contributed by atoms with van der Waals surface area (Å²) in [6, 6.07) is 15.5. The zero-order valence-electron chi connectivity index (χ0n) is 11.7. The standard InChI is InChI=1S/C17H15N3O/c1-21-17-5-2-12(10-18)8-14(17)11-20-7-6-13-9-15(19)3-4-16(13)20/h2-9H,11,19H2,1H3. The van der Waals surface area contributed by atoms with Gasteiger partial charge in [0.1, 0.15) is 5.75 Å². The van der Waals surface area contributed by atoms with Crippen molar-refractivity contribution in [3.63, 3.8) is 0 Å². The van der Waals surface area contributed by atoms with Gasteiger partial charge in [0.15, 0.2) is 0 Å². The highest BCUT2D eigenvalue weighted by Crippen LogP contribution is 2.24. The van der Waals surface area contributed by atoms with Crippen molar-refractivity contribution >= 4 is 16.6 Å². The molecule has 3 rings (SSSR count). The van der Waals surface area contributed by atoms with Crippen LogP contribution in [-0.2, 0) is 6.54 Å². The Kier molecular flexibility index (Phi) is 3.25. The molecule has 0 spiro atoms. The number of aromatic nitrogens is 1. The Morgan fingerprint density at radius 2 is 2.05 bits per heavy atom. The molecule has 0 saturated carbocycles. The van der Waals surface area contributed by atoms with E-state index in [0.29, 0.717) is 12.1 Å². The third kappa shape index (κ3) is 2.41. The van der Waals surface area contributed by atoms with Crippen LogP contribution in [0.1, 0.15) is 11.1 Å². The molecule has 4 nitrogen and oxygen atoms in total. The van der Waals surface area contributed by atoms with Crippen molar-refractivity contribution in [3.05, 3.63) is 59.8 Å². The Morgan fingerprint density at radius 3 is 2.81 bits per heavy atom. The van der Waals surface area contributed by atoms with Crippen molar-refractivity contribution in [3.8, 4) is 11.8 Å². The molecule has 0 bridgehead atoms. The number of hydrogen-bond acceptors (Lipinski definition) is 3. The summed E-state index contributed by atoms with van der Waals surface area (Å²) in [5.74, 6) is 0.784. The van der Waals surface area contributed by atoms with E-state index in [9.17, 15) is 0 Å². The van der Waals surface area contributed by atoms with Crippen molar-refractivity contribution in [2.45, 2.75) is 6.54 Å². The lowest BCUT2D eigenvalue weighted by Crippen LogP contribution is -2.01. The Hall–Kier alpha value is -2.93. The number of ether oxygens (including phenoxy) is 1. The van der Waals surface area contributed by atoms with E-state index in [2.05, 4.69) is 10.6 Å². The lowest BCUT2D eigenvalue weighted by Gasteiger charge is -2.11. The summed E-state index contributed by atoms with van der Waals surface area (Å²) in [5, 5.41) is 10.1. The molecule has 0 amide bonds. The van der Waals surface area contributed by atoms with Crippen LogP contribution in [0.3, 0.4) is 0 Å². The quantitative estimate of drug-likeness (QED) is 0.748. The smallest absolute Gasteiger partial charge is 0.123 e. The maximum absolute atomic E-state index is 9.04. The molecule has 2 aromatic carbocycles. The van der Waals surface area contributed by atoms with E-state index in [4.69, 9.17) is 15.7 Å². The number of anilines is 1. The molecule has 0 fully saturated rings. The molecular weight excluding hydrogens is 262 g/mol. The average Bonchev–Trinajstić information content (AvgIpc) is 2.89. The molecule has 21 heavy (non-hydrogen) atoms. The number of benzene rings is 2. The first-order valence-corrected chi connectivity index (χ1v) is 6.62. The predicted molar refractivity (Wildman–Crippen MR) is 83.2 cm³/mol. The predicted octanol–water partition coefficient (Wildman–Crippen LogP) is 3.15. The molecule has 0 atom stereocenters. The summed E-state index contributed by atoms with van der Waals surface area (Å²) in [6.45, 7) is 0.645. The van der Waals surface area contributed by atoms with E-state index in [1.54, 1.807) is 13.2 Å². The third-order valence-corrected chi connectivity index (χ3v) is 3.55. The summed E-state index contributed by atoms with van der Waals surface area (Å²) in [6.07, 6.45) is 2.02. The third-order valence-electron chi connectivity index (χ3n) is 3.55. The minimum atomic E-state index is 0.631. The van der Waals surface area contributed by atoms with Gasteiger partial charge in [-0.05, 0) is 42.5 Å². The fraction of sp³-hybridized carbons (Fsp3) is 0.118. The van der Waals surface area contributed by atoms with Crippen LogP contribution in [0.25, 0.3) is 10.9 Å². The number of rotatable bonds is 3. The van der Waals surface area contributed by atoms with Gasteiger partial charge in [0.05, 0.1) is 25.3 Å². The number of nitrogens with zero attached hydrogens (tertiary/aromatic N) is 2. The minimum absolute atomic E-state index is 0.631. The van der Waals surface area contributed by atoms with Crippen molar-refractivity contribution in [2.24, 2.45) is 0 Å². The van der Waals surface area contributed by atoms with Gasteiger partial charge in [0, 0.05) is 28.4 Å². The molecule has 0 aliphatic rings. The molecule has 4 heteroatoms. The summed E-state index contributed by atoms with van der Waals surface area (Å²) < 4.78 is 7.50. The summed E-state index contributed by atoms with van der Waals surface area (Å²) in [7, 11) is 1.64. The number of fused-ring (bicyclic) bond motifs is 1. The zero-order chi connectivity index (χ0) is 14.8. The number of nitrogens with two attached hydrogens (primary N) is 1. The second kappa shape index (κ2) is 5.22. The van der Waals surface area contributed by atoms with Crippen molar-refractivity contribution in [2.75, 3.05) is 12.8 Å². The minimum Gasteiger partial charge on any atom is -0.496 e. The average molecular weight is 277 g/mol. The molecule has 0 saturated heterocycles. The first kappa shape index (κ1) is 13.1. The maximum Gasteiger partial charge on any atom is 0.123 e. The first-order chi connectivity index (χ1) is 10.2. The highest BCUT2D eigenvalue weighted by molar-refractivity contribution is 5.83. The van der Waals surface area contributed by atoms with E-state index in [1.807, 2.05) is 42.6 Å². The number of hydrogen-bond donors (Lipinski definition) is 1. The van der Waals surface area contributed by atoms with Gasteiger partial charge in [-0.2, -0.15) is 5.26 Å². The normalized spacial score (nSPS) is 10.5. The van der Waals surface area contributed by atoms with Crippen LogP contribution >= 0.6 is 0 Å². The second-order valence-corrected chi connectivity index (χ2v) is 4.90.